The third-order valence-electron chi connectivity index (χ3n) is 1.89. The van der Waals surface area contributed by atoms with Gasteiger partial charge in [-0.3, -0.25) is 10.1 Å². The quantitative estimate of drug-likeness (QED) is 0.550. The first-order valence-corrected chi connectivity index (χ1v) is 4.26. The van der Waals surface area contributed by atoms with Crippen LogP contribution in [0.1, 0.15) is 5.56 Å². The van der Waals surface area contributed by atoms with Gasteiger partial charge in [0.05, 0.1) is 16.6 Å². The maximum absolute atomic E-state index is 10.4. The number of nitriles is 1. The fourth-order valence-electron chi connectivity index (χ4n) is 1.15. The van der Waals surface area contributed by atoms with Crippen LogP contribution in [0.3, 0.4) is 0 Å². The Bertz CT molecular complexity index is 584. The molecule has 0 aliphatic heterocycles. The van der Waals surface area contributed by atoms with Crippen LogP contribution in [0.2, 0.25) is 0 Å². The van der Waals surface area contributed by atoms with Crippen LogP contribution < -0.4 is 0 Å². The Morgan fingerprint density at radius 3 is 3.00 bits per heavy atom. The van der Waals surface area contributed by atoms with E-state index in [1.807, 2.05) is 6.07 Å². The summed E-state index contributed by atoms with van der Waals surface area (Å²) < 4.78 is 1.25. The van der Waals surface area contributed by atoms with Crippen molar-refractivity contribution in [3.8, 4) is 11.9 Å². The second kappa shape index (κ2) is 3.78. The lowest BCUT2D eigenvalue weighted by Gasteiger charge is -1.98. The zero-order valence-electron chi connectivity index (χ0n) is 7.94. The van der Waals surface area contributed by atoms with Gasteiger partial charge < -0.3 is 0 Å². The number of hydrogen-bond donors (Lipinski definition) is 0. The Balaban J connectivity index is 2.43. The van der Waals surface area contributed by atoms with E-state index < -0.39 is 4.92 Å². The Morgan fingerprint density at radius 1 is 1.56 bits per heavy atom. The zero-order valence-corrected chi connectivity index (χ0v) is 7.94. The van der Waals surface area contributed by atoms with E-state index in [1.165, 1.54) is 23.1 Å². The van der Waals surface area contributed by atoms with E-state index in [4.69, 9.17) is 5.26 Å². The Hall–Kier alpha value is -2.75. The Kier molecular flexibility index (Phi) is 2.31. The van der Waals surface area contributed by atoms with E-state index in [9.17, 15) is 10.1 Å². The smallest absolute Gasteiger partial charge is 0.258 e. The van der Waals surface area contributed by atoms with Crippen molar-refractivity contribution in [1.29, 1.82) is 5.26 Å². The minimum Gasteiger partial charge on any atom is -0.258 e. The van der Waals surface area contributed by atoms with E-state index in [-0.39, 0.29) is 5.69 Å². The maximum Gasteiger partial charge on any atom is 0.307 e. The topological polar surface area (TPSA) is 97.6 Å². The Labute approximate surface area is 89.7 Å². The summed E-state index contributed by atoms with van der Waals surface area (Å²) in [5.74, 6) is 0.368. The highest BCUT2D eigenvalue weighted by atomic mass is 16.6. The molecule has 0 spiro atoms. The van der Waals surface area contributed by atoms with E-state index in [2.05, 4.69) is 10.1 Å². The highest BCUT2D eigenvalue weighted by Gasteiger charge is 2.10. The van der Waals surface area contributed by atoms with E-state index in [1.54, 1.807) is 6.07 Å². The van der Waals surface area contributed by atoms with Gasteiger partial charge in [-0.2, -0.15) is 10.4 Å². The molecule has 0 saturated carbocycles. The van der Waals surface area contributed by atoms with Crippen LogP contribution in [0.5, 0.6) is 0 Å². The summed E-state index contributed by atoms with van der Waals surface area (Å²) in [5.41, 5.74) is 0.298. The standard InChI is InChI=1S/C9H5N5O2/c10-4-7-1-2-11-9(3-7)13-6-8(5-12-13)14(15)16/h1-3,5-6H. The molecule has 78 valence electrons. The summed E-state index contributed by atoms with van der Waals surface area (Å²) in [4.78, 5) is 13.9. The molecule has 0 bridgehead atoms. The molecule has 0 N–H and O–H groups in total. The molecule has 2 heterocycles. The molecule has 0 aromatic carbocycles. The second-order valence-electron chi connectivity index (χ2n) is 2.91. The van der Waals surface area contributed by atoms with Crippen LogP contribution >= 0.6 is 0 Å². The Morgan fingerprint density at radius 2 is 2.38 bits per heavy atom. The first kappa shape index (κ1) is 9.79. The fraction of sp³-hybridized carbons (Fsp3) is 0. The average molecular weight is 215 g/mol. The molecular formula is C9H5N5O2. The van der Waals surface area contributed by atoms with Crippen LogP contribution in [-0.4, -0.2) is 19.7 Å². The average Bonchev–Trinajstić information content (AvgIpc) is 2.78. The van der Waals surface area contributed by atoms with Crippen LogP contribution in [0.4, 0.5) is 5.69 Å². The van der Waals surface area contributed by atoms with Crippen molar-refractivity contribution in [2.45, 2.75) is 0 Å². The summed E-state index contributed by atoms with van der Waals surface area (Å²) in [7, 11) is 0. The first-order chi connectivity index (χ1) is 7.70. The second-order valence-corrected chi connectivity index (χ2v) is 2.91. The van der Waals surface area contributed by atoms with E-state index >= 15 is 0 Å². The molecule has 2 aromatic rings. The molecule has 0 aliphatic rings. The number of nitrogens with zero attached hydrogens (tertiary/aromatic N) is 5. The third-order valence-corrected chi connectivity index (χ3v) is 1.89. The molecule has 7 heteroatoms. The highest BCUT2D eigenvalue weighted by Crippen LogP contribution is 2.12. The van der Waals surface area contributed by atoms with Gasteiger partial charge in [0.15, 0.2) is 5.82 Å². The molecule has 16 heavy (non-hydrogen) atoms. The molecule has 2 rings (SSSR count). The molecule has 0 amide bonds. The maximum atomic E-state index is 10.4. The molecular weight excluding hydrogens is 210 g/mol. The lowest BCUT2D eigenvalue weighted by atomic mass is 10.3. The van der Waals surface area contributed by atoms with Crippen LogP contribution in [0.25, 0.3) is 5.82 Å². The summed E-state index contributed by atoms with van der Waals surface area (Å²) in [6, 6.07) is 4.99. The molecule has 2 aromatic heterocycles. The summed E-state index contributed by atoms with van der Waals surface area (Å²) in [5, 5.41) is 22.9. The number of pyridine rings is 1. The SMILES string of the molecule is N#Cc1ccnc(-n2cc([N+](=O)[O-])cn2)c1. The fourth-order valence-corrected chi connectivity index (χ4v) is 1.15. The summed E-state index contributed by atoms with van der Waals surface area (Å²) in [6.45, 7) is 0. The molecule has 0 atom stereocenters. The van der Waals surface area contributed by atoms with E-state index in [0.717, 1.165) is 6.20 Å². The summed E-state index contributed by atoms with van der Waals surface area (Å²) in [6.07, 6.45) is 3.81. The number of rotatable bonds is 2. The normalized spacial score (nSPS) is 9.69. The van der Waals surface area contributed by atoms with Crippen molar-refractivity contribution in [1.82, 2.24) is 14.8 Å². The highest BCUT2D eigenvalue weighted by molar-refractivity contribution is 5.36. The molecule has 0 fully saturated rings. The van der Waals surface area contributed by atoms with Crippen molar-refractivity contribution >= 4 is 5.69 Å². The van der Waals surface area contributed by atoms with Gasteiger partial charge in [0.25, 0.3) is 0 Å². The van der Waals surface area contributed by atoms with E-state index in [0.29, 0.717) is 11.4 Å². The van der Waals surface area contributed by atoms with Gasteiger partial charge in [0.1, 0.15) is 12.4 Å². The largest absolute Gasteiger partial charge is 0.307 e. The van der Waals surface area contributed by atoms with Gasteiger partial charge in [0.2, 0.25) is 0 Å². The van der Waals surface area contributed by atoms with Crippen LogP contribution in [0.15, 0.2) is 30.7 Å². The minimum atomic E-state index is -0.544. The molecule has 0 aliphatic carbocycles. The number of hydrogen-bond acceptors (Lipinski definition) is 5. The van der Waals surface area contributed by atoms with Gasteiger partial charge in [-0.25, -0.2) is 9.67 Å². The van der Waals surface area contributed by atoms with Crippen molar-refractivity contribution in [2.75, 3.05) is 0 Å². The summed E-state index contributed by atoms with van der Waals surface area (Å²) >= 11 is 0. The van der Waals surface area contributed by atoms with Crippen LogP contribution in [0, 0.1) is 21.4 Å². The molecule has 0 saturated heterocycles. The van der Waals surface area contributed by atoms with Gasteiger partial charge in [0, 0.05) is 12.3 Å². The van der Waals surface area contributed by atoms with Crippen molar-refractivity contribution in [2.24, 2.45) is 0 Å². The lowest BCUT2D eigenvalue weighted by molar-refractivity contribution is -0.384. The van der Waals surface area contributed by atoms with Gasteiger partial charge >= 0.3 is 5.69 Å². The van der Waals surface area contributed by atoms with Crippen molar-refractivity contribution in [3.05, 3.63) is 46.4 Å². The molecule has 0 radical (unpaired) electrons. The monoisotopic (exact) mass is 215 g/mol. The first-order valence-electron chi connectivity index (χ1n) is 4.26. The van der Waals surface area contributed by atoms with Gasteiger partial charge in [-0.15, -0.1) is 0 Å². The van der Waals surface area contributed by atoms with Crippen molar-refractivity contribution < 1.29 is 4.92 Å². The lowest BCUT2D eigenvalue weighted by Crippen LogP contribution is -1.97. The van der Waals surface area contributed by atoms with Crippen molar-refractivity contribution in [3.63, 3.8) is 0 Å². The number of nitro groups is 1. The number of aromatic nitrogens is 3. The van der Waals surface area contributed by atoms with Gasteiger partial charge in [-0.05, 0) is 6.07 Å². The molecule has 7 nitrogen and oxygen atoms in total. The van der Waals surface area contributed by atoms with Gasteiger partial charge in [-0.1, -0.05) is 0 Å². The predicted molar refractivity (Wildman–Crippen MR) is 52.7 cm³/mol. The zero-order chi connectivity index (χ0) is 11.5. The third kappa shape index (κ3) is 1.72. The predicted octanol–water partition coefficient (Wildman–Crippen LogP) is 1.05. The molecule has 0 unspecified atom stereocenters. The van der Waals surface area contributed by atoms with Crippen LogP contribution in [-0.2, 0) is 0 Å². The minimum absolute atomic E-state index is 0.121.